The molecule has 2 amide bonds. The summed E-state index contributed by atoms with van der Waals surface area (Å²) in [5.74, 6) is -0.672. The van der Waals surface area contributed by atoms with Crippen LogP contribution in [0.25, 0.3) is 6.08 Å². The third kappa shape index (κ3) is 5.98. The number of hydrogen-bond acceptors (Lipinski definition) is 10. The van der Waals surface area contributed by atoms with Gasteiger partial charge in [-0.3, -0.25) is 14.5 Å². The Bertz CT molecular complexity index is 1120. The Balaban J connectivity index is 1.74. The molecule has 0 spiro atoms. The van der Waals surface area contributed by atoms with Gasteiger partial charge in [-0.2, -0.15) is 0 Å². The first-order valence-electron chi connectivity index (χ1n) is 10.3. The van der Waals surface area contributed by atoms with Crippen LogP contribution in [0.2, 0.25) is 0 Å². The zero-order valence-electron chi connectivity index (χ0n) is 18.8. The molecule has 10 nitrogen and oxygen atoms in total. The summed E-state index contributed by atoms with van der Waals surface area (Å²) in [4.78, 5) is 49.6. The van der Waals surface area contributed by atoms with Crippen LogP contribution in [0.5, 0.6) is 11.5 Å². The van der Waals surface area contributed by atoms with Crippen molar-refractivity contribution in [3.8, 4) is 11.5 Å². The van der Waals surface area contributed by atoms with Crippen molar-refractivity contribution < 1.29 is 42.5 Å². The molecule has 0 saturated carbocycles. The highest BCUT2D eigenvalue weighted by atomic mass is 32.2. The molecule has 34 heavy (non-hydrogen) atoms. The Morgan fingerprint density at radius 2 is 1.85 bits per heavy atom. The number of nitrogens with zero attached hydrogens (tertiary/aromatic N) is 1. The van der Waals surface area contributed by atoms with E-state index in [0.717, 1.165) is 16.7 Å². The van der Waals surface area contributed by atoms with Gasteiger partial charge in [0.15, 0.2) is 18.1 Å². The predicted molar refractivity (Wildman–Crippen MR) is 121 cm³/mol. The van der Waals surface area contributed by atoms with Crippen molar-refractivity contribution in [1.82, 2.24) is 4.90 Å². The molecule has 2 heterocycles. The van der Waals surface area contributed by atoms with Gasteiger partial charge in [-0.1, -0.05) is 6.07 Å². The lowest BCUT2D eigenvalue weighted by atomic mass is 10.2. The lowest BCUT2D eigenvalue weighted by Gasteiger charge is -2.12. The minimum absolute atomic E-state index is 0.0197. The second-order valence-electron chi connectivity index (χ2n) is 6.76. The third-order valence-electron chi connectivity index (χ3n) is 4.45. The molecule has 0 unspecified atom stereocenters. The molecular formula is C23H23NO9S. The smallest absolute Gasteiger partial charge is 0.373 e. The van der Waals surface area contributed by atoms with E-state index in [4.69, 9.17) is 18.6 Å². The Hall–Kier alpha value is -3.73. The average molecular weight is 490 g/mol. The number of carbonyl (C=O) groups is 4. The van der Waals surface area contributed by atoms with Crippen LogP contribution < -0.4 is 9.47 Å². The normalized spacial score (nSPS) is 14.4. The Kier molecular flexibility index (Phi) is 8.36. The predicted octanol–water partition coefficient (Wildman–Crippen LogP) is 3.64. The molecular weight excluding hydrogens is 466 g/mol. The van der Waals surface area contributed by atoms with Crippen LogP contribution in [0, 0.1) is 0 Å². The fraction of sp³-hybridized carbons (Fsp3) is 0.304. The number of benzene rings is 1. The van der Waals surface area contributed by atoms with Crippen LogP contribution in [0.4, 0.5) is 4.79 Å². The Morgan fingerprint density at radius 1 is 1.06 bits per heavy atom. The van der Waals surface area contributed by atoms with Crippen LogP contribution in [0.1, 0.15) is 35.7 Å². The van der Waals surface area contributed by atoms with Gasteiger partial charge < -0.3 is 23.4 Å². The summed E-state index contributed by atoms with van der Waals surface area (Å²) < 4.78 is 25.8. The van der Waals surface area contributed by atoms with Crippen molar-refractivity contribution in [2.75, 3.05) is 26.9 Å². The summed E-state index contributed by atoms with van der Waals surface area (Å²) in [6, 6.07) is 7.84. The van der Waals surface area contributed by atoms with Gasteiger partial charge >= 0.3 is 11.9 Å². The summed E-state index contributed by atoms with van der Waals surface area (Å²) >= 11 is 0.789. The minimum atomic E-state index is -0.653. The number of methoxy groups -OCH3 is 1. The van der Waals surface area contributed by atoms with Gasteiger partial charge in [0.05, 0.1) is 31.8 Å². The maximum absolute atomic E-state index is 12.8. The molecule has 11 heteroatoms. The molecule has 180 valence electrons. The molecule has 0 N–H and O–H groups in total. The molecule has 0 atom stereocenters. The highest BCUT2D eigenvalue weighted by molar-refractivity contribution is 8.18. The summed E-state index contributed by atoms with van der Waals surface area (Å²) in [6.45, 7) is 3.72. The first-order valence-corrected chi connectivity index (χ1v) is 11.2. The third-order valence-corrected chi connectivity index (χ3v) is 5.36. The van der Waals surface area contributed by atoms with E-state index in [2.05, 4.69) is 4.74 Å². The van der Waals surface area contributed by atoms with Gasteiger partial charge in [0.2, 0.25) is 5.76 Å². The monoisotopic (exact) mass is 489 g/mol. The molecule has 0 aliphatic carbocycles. The van der Waals surface area contributed by atoms with Crippen molar-refractivity contribution in [1.29, 1.82) is 0 Å². The summed E-state index contributed by atoms with van der Waals surface area (Å²) in [5.41, 5.74) is 0.600. The fourth-order valence-corrected chi connectivity index (χ4v) is 3.80. The number of thioether (sulfide) groups is 1. The summed E-state index contributed by atoms with van der Waals surface area (Å²) in [5, 5.41) is -0.466. The molecule has 1 aliphatic heterocycles. The number of ether oxygens (including phenoxy) is 4. The number of rotatable bonds is 10. The number of imide groups is 1. The Morgan fingerprint density at radius 3 is 2.56 bits per heavy atom. The van der Waals surface area contributed by atoms with Crippen LogP contribution in [-0.2, 0) is 25.6 Å². The summed E-state index contributed by atoms with van der Waals surface area (Å²) in [7, 11) is 1.22. The minimum Gasteiger partial charge on any atom is -0.490 e. The topological polar surface area (TPSA) is 122 Å². The quantitative estimate of drug-likeness (QED) is 0.361. The van der Waals surface area contributed by atoms with Gasteiger partial charge in [0, 0.05) is 0 Å². The largest absolute Gasteiger partial charge is 0.490 e. The second-order valence-corrected chi connectivity index (χ2v) is 7.75. The molecule has 2 aromatic rings. The molecule has 1 aromatic carbocycles. The SMILES string of the molecule is CCOC(=O)COc1ccc(C=C2SC(=O)N(Cc3ccc(C(=O)OC)o3)C2=O)cc1OCC. The summed E-state index contributed by atoms with van der Waals surface area (Å²) in [6.07, 6.45) is 1.56. The first-order chi connectivity index (χ1) is 16.4. The van der Waals surface area contributed by atoms with Crippen LogP contribution in [0.15, 0.2) is 39.7 Å². The lowest BCUT2D eigenvalue weighted by Crippen LogP contribution is -2.27. The molecule has 1 aliphatic rings. The number of carbonyl (C=O) groups excluding carboxylic acids is 4. The van der Waals surface area contributed by atoms with E-state index in [9.17, 15) is 19.2 Å². The zero-order valence-corrected chi connectivity index (χ0v) is 19.6. The van der Waals surface area contributed by atoms with E-state index in [1.165, 1.54) is 19.2 Å². The molecule has 1 aromatic heterocycles. The van der Waals surface area contributed by atoms with Gasteiger partial charge in [0.25, 0.3) is 11.1 Å². The molecule has 1 fully saturated rings. The average Bonchev–Trinajstić information content (AvgIpc) is 3.39. The van der Waals surface area contributed by atoms with E-state index >= 15 is 0 Å². The van der Waals surface area contributed by atoms with Gasteiger partial charge in [-0.05, 0) is 61.5 Å². The van der Waals surface area contributed by atoms with E-state index in [1.54, 1.807) is 38.1 Å². The van der Waals surface area contributed by atoms with E-state index in [-0.39, 0.29) is 36.2 Å². The maximum Gasteiger partial charge on any atom is 0.373 e. The zero-order chi connectivity index (χ0) is 24.7. The fourth-order valence-electron chi connectivity index (χ4n) is 2.96. The number of esters is 2. The number of hydrogen-bond donors (Lipinski definition) is 0. The standard InChI is InChI=1S/C23H23NO9S/c1-4-30-18-10-14(6-8-16(18)32-13-20(25)31-5-2)11-19-21(26)24(23(28)34-19)12-15-7-9-17(33-15)22(27)29-3/h6-11H,4-5,12-13H2,1-3H3. The second kappa shape index (κ2) is 11.4. The van der Waals surface area contributed by atoms with E-state index in [1.807, 2.05) is 0 Å². The van der Waals surface area contributed by atoms with Crippen molar-refractivity contribution in [3.63, 3.8) is 0 Å². The molecule has 1 saturated heterocycles. The van der Waals surface area contributed by atoms with Crippen LogP contribution >= 0.6 is 11.8 Å². The molecule has 0 bridgehead atoms. The van der Waals surface area contributed by atoms with Crippen molar-refractivity contribution in [3.05, 3.63) is 52.3 Å². The number of furan rings is 1. The van der Waals surface area contributed by atoms with E-state index < -0.39 is 23.1 Å². The lowest BCUT2D eigenvalue weighted by molar-refractivity contribution is -0.145. The molecule has 0 radical (unpaired) electrons. The van der Waals surface area contributed by atoms with Gasteiger partial charge in [-0.25, -0.2) is 9.59 Å². The van der Waals surface area contributed by atoms with Crippen molar-refractivity contribution >= 4 is 40.9 Å². The van der Waals surface area contributed by atoms with Crippen molar-refractivity contribution in [2.24, 2.45) is 0 Å². The highest BCUT2D eigenvalue weighted by Crippen LogP contribution is 2.35. The van der Waals surface area contributed by atoms with Gasteiger partial charge in [0.1, 0.15) is 5.76 Å². The van der Waals surface area contributed by atoms with Crippen molar-refractivity contribution in [2.45, 2.75) is 20.4 Å². The molecule has 3 rings (SSSR count). The van der Waals surface area contributed by atoms with E-state index in [0.29, 0.717) is 23.7 Å². The first kappa shape index (κ1) is 24.9. The van der Waals surface area contributed by atoms with Crippen LogP contribution in [-0.4, -0.2) is 54.9 Å². The van der Waals surface area contributed by atoms with Crippen LogP contribution in [0.3, 0.4) is 0 Å². The Labute approximate surface area is 199 Å². The maximum atomic E-state index is 12.8. The highest BCUT2D eigenvalue weighted by Gasteiger charge is 2.35. The number of amides is 2. The van der Waals surface area contributed by atoms with Gasteiger partial charge in [-0.15, -0.1) is 0 Å².